The molecule has 0 radical (unpaired) electrons. The quantitative estimate of drug-likeness (QED) is 0.443. The van der Waals surface area contributed by atoms with Crippen LogP contribution in [0, 0.1) is 0 Å². The Morgan fingerprint density at radius 2 is 1.94 bits per heavy atom. The molecule has 0 saturated heterocycles. The molecule has 0 aliphatic rings. The van der Waals surface area contributed by atoms with Gasteiger partial charge in [-0.15, -0.1) is 0 Å². The van der Waals surface area contributed by atoms with Gasteiger partial charge in [0.05, 0.1) is 0 Å². The SMILES string of the molecule is COCCCNC(=O)C(=O)c1ccccc1. The summed E-state index contributed by atoms with van der Waals surface area (Å²) in [5, 5.41) is 2.55. The van der Waals surface area contributed by atoms with Gasteiger partial charge in [0.1, 0.15) is 0 Å². The fourth-order valence-electron chi connectivity index (χ4n) is 1.22. The van der Waals surface area contributed by atoms with Gasteiger partial charge in [-0.25, -0.2) is 0 Å². The second kappa shape index (κ2) is 6.74. The van der Waals surface area contributed by atoms with Crippen molar-refractivity contribution in [3.8, 4) is 0 Å². The first kappa shape index (κ1) is 12.4. The zero-order valence-corrected chi connectivity index (χ0v) is 9.23. The number of benzene rings is 1. The van der Waals surface area contributed by atoms with Crippen molar-refractivity contribution in [3.63, 3.8) is 0 Å². The third kappa shape index (κ3) is 3.82. The molecule has 0 bridgehead atoms. The Morgan fingerprint density at radius 1 is 1.25 bits per heavy atom. The molecule has 86 valence electrons. The van der Waals surface area contributed by atoms with Crippen molar-refractivity contribution >= 4 is 11.7 Å². The number of ketones is 1. The summed E-state index contributed by atoms with van der Waals surface area (Å²) in [4.78, 5) is 23.0. The van der Waals surface area contributed by atoms with E-state index in [9.17, 15) is 9.59 Å². The molecular formula is C12H15NO3. The Labute approximate surface area is 94.6 Å². The van der Waals surface area contributed by atoms with Gasteiger partial charge in [0.25, 0.3) is 5.91 Å². The van der Waals surface area contributed by atoms with Crippen LogP contribution < -0.4 is 5.32 Å². The van der Waals surface area contributed by atoms with Crippen molar-refractivity contribution in [1.82, 2.24) is 5.32 Å². The van der Waals surface area contributed by atoms with E-state index < -0.39 is 11.7 Å². The number of ether oxygens (including phenoxy) is 1. The molecule has 1 aromatic rings. The first-order chi connectivity index (χ1) is 7.75. The molecule has 1 aromatic carbocycles. The topological polar surface area (TPSA) is 55.4 Å². The summed E-state index contributed by atoms with van der Waals surface area (Å²) in [6, 6.07) is 8.50. The van der Waals surface area contributed by atoms with Crippen LogP contribution >= 0.6 is 0 Å². The van der Waals surface area contributed by atoms with Crippen LogP contribution in [0.2, 0.25) is 0 Å². The molecule has 4 heteroatoms. The molecule has 0 fully saturated rings. The average Bonchev–Trinajstić information content (AvgIpc) is 2.34. The summed E-state index contributed by atoms with van der Waals surface area (Å²) in [6.45, 7) is 1.02. The summed E-state index contributed by atoms with van der Waals surface area (Å²) in [5.74, 6) is -1.07. The Bertz CT molecular complexity index is 349. The molecule has 0 aliphatic heterocycles. The van der Waals surface area contributed by atoms with Gasteiger partial charge >= 0.3 is 0 Å². The van der Waals surface area contributed by atoms with Crippen molar-refractivity contribution in [2.75, 3.05) is 20.3 Å². The lowest BCUT2D eigenvalue weighted by molar-refractivity contribution is -0.117. The second-order valence-electron chi connectivity index (χ2n) is 3.30. The first-order valence-corrected chi connectivity index (χ1v) is 5.12. The Morgan fingerprint density at radius 3 is 2.56 bits per heavy atom. The second-order valence-corrected chi connectivity index (χ2v) is 3.30. The van der Waals surface area contributed by atoms with E-state index in [0.717, 1.165) is 0 Å². The third-order valence-electron chi connectivity index (χ3n) is 2.05. The molecule has 1 N–H and O–H groups in total. The number of methoxy groups -OCH3 is 1. The molecule has 0 saturated carbocycles. The minimum atomic E-state index is -0.567. The Kier molecular flexibility index (Phi) is 5.22. The maximum absolute atomic E-state index is 11.6. The standard InChI is InChI=1S/C12H15NO3/c1-16-9-5-8-13-12(15)11(14)10-6-3-2-4-7-10/h2-4,6-7H,5,8-9H2,1H3,(H,13,15). The van der Waals surface area contributed by atoms with Gasteiger partial charge in [0.15, 0.2) is 0 Å². The van der Waals surface area contributed by atoms with E-state index in [1.807, 2.05) is 0 Å². The number of carbonyl (C=O) groups is 2. The summed E-state index contributed by atoms with van der Waals surface area (Å²) >= 11 is 0. The van der Waals surface area contributed by atoms with Gasteiger partial charge in [-0.2, -0.15) is 0 Å². The number of nitrogens with one attached hydrogen (secondary N) is 1. The van der Waals surface area contributed by atoms with Crippen LogP contribution in [0.5, 0.6) is 0 Å². The molecule has 1 amide bonds. The fourth-order valence-corrected chi connectivity index (χ4v) is 1.22. The molecule has 1 rings (SSSR count). The zero-order chi connectivity index (χ0) is 11.8. The normalized spacial score (nSPS) is 9.81. The molecule has 0 aliphatic carbocycles. The van der Waals surface area contributed by atoms with Gasteiger partial charge in [0.2, 0.25) is 5.78 Å². The van der Waals surface area contributed by atoms with E-state index in [0.29, 0.717) is 25.1 Å². The van der Waals surface area contributed by atoms with Gasteiger partial charge in [0, 0.05) is 25.8 Å². The highest BCUT2D eigenvalue weighted by Crippen LogP contribution is 1.99. The molecule has 4 nitrogen and oxygen atoms in total. The van der Waals surface area contributed by atoms with E-state index in [2.05, 4.69) is 5.32 Å². The lowest BCUT2D eigenvalue weighted by Gasteiger charge is -2.03. The maximum Gasteiger partial charge on any atom is 0.292 e. The molecule has 0 unspecified atom stereocenters. The molecule has 0 spiro atoms. The minimum Gasteiger partial charge on any atom is -0.385 e. The lowest BCUT2D eigenvalue weighted by atomic mass is 10.1. The average molecular weight is 221 g/mol. The van der Waals surface area contributed by atoms with Gasteiger partial charge in [-0.1, -0.05) is 30.3 Å². The highest BCUT2D eigenvalue weighted by molar-refractivity contribution is 6.42. The van der Waals surface area contributed by atoms with Crippen LogP contribution in [-0.2, 0) is 9.53 Å². The van der Waals surface area contributed by atoms with Crippen LogP contribution in [0.1, 0.15) is 16.8 Å². The monoisotopic (exact) mass is 221 g/mol. The molecule has 0 aromatic heterocycles. The highest BCUT2D eigenvalue weighted by atomic mass is 16.5. The number of Topliss-reactive ketones (excluding diaryl/α,β-unsaturated/α-hetero) is 1. The summed E-state index contributed by atoms with van der Waals surface area (Å²) < 4.78 is 4.83. The molecular weight excluding hydrogens is 206 g/mol. The van der Waals surface area contributed by atoms with E-state index in [1.165, 1.54) is 0 Å². The first-order valence-electron chi connectivity index (χ1n) is 5.12. The van der Waals surface area contributed by atoms with Crippen LogP contribution in [0.3, 0.4) is 0 Å². The Balaban J connectivity index is 2.40. The third-order valence-corrected chi connectivity index (χ3v) is 2.05. The van der Waals surface area contributed by atoms with E-state index >= 15 is 0 Å². The number of carbonyl (C=O) groups excluding carboxylic acids is 2. The van der Waals surface area contributed by atoms with Gasteiger partial charge in [-0.3, -0.25) is 9.59 Å². The van der Waals surface area contributed by atoms with Gasteiger partial charge in [-0.05, 0) is 6.42 Å². The largest absolute Gasteiger partial charge is 0.385 e. The van der Waals surface area contributed by atoms with E-state index in [4.69, 9.17) is 4.74 Å². The van der Waals surface area contributed by atoms with Crippen molar-refractivity contribution < 1.29 is 14.3 Å². The fraction of sp³-hybridized carbons (Fsp3) is 0.333. The van der Waals surface area contributed by atoms with Gasteiger partial charge < -0.3 is 10.1 Å². The van der Waals surface area contributed by atoms with Crippen LogP contribution in [0.15, 0.2) is 30.3 Å². The maximum atomic E-state index is 11.6. The number of hydrogen-bond acceptors (Lipinski definition) is 3. The van der Waals surface area contributed by atoms with Crippen LogP contribution in [0.4, 0.5) is 0 Å². The van der Waals surface area contributed by atoms with Crippen molar-refractivity contribution in [3.05, 3.63) is 35.9 Å². The summed E-state index contributed by atoms with van der Waals surface area (Å²) in [7, 11) is 1.59. The lowest BCUT2D eigenvalue weighted by Crippen LogP contribution is -2.32. The summed E-state index contributed by atoms with van der Waals surface area (Å²) in [6.07, 6.45) is 0.699. The Hall–Kier alpha value is -1.68. The van der Waals surface area contributed by atoms with Crippen LogP contribution in [0.25, 0.3) is 0 Å². The van der Waals surface area contributed by atoms with Crippen LogP contribution in [-0.4, -0.2) is 32.0 Å². The zero-order valence-electron chi connectivity index (χ0n) is 9.23. The molecule has 16 heavy (non-hydrogen) atoms. The van der Waals surface area contributed by atoms with Crippen molar-refractivity contribution in [2.45, 2.75) is 6.42 Å². The van der Waals surface area contributed by atoms with Crippen molar-refractivity contribution in [1.29, 1.82) is 0 Å². The molecule has 0 atom stereocenters. The minimum absolute atomic E-state index is 0.409. The highest BCUT2D eigenvalue weighted by Gasteiger charge is 2.14. The summed E-state index contributed by atoms with van der Waals surface area (Å²) in [5.41, 5.74) is 0.409. The number of hydrogen-bond donors (Lipinski definition) is 1. The molecule has 0 heterocycles. The number of rotatable bonds is 6. The van der Waals surface area contributed by atoms with E-state index in [-0.39, 0.29) is 0 Å². The smallest absolute Gasteiger partial charge is 0.292 e. The predicted octanol–water partition coefficient (Wildman–Crippen LogP) is 1.02. The van der Waals surface area contributed by atoms with E-state index in [1.54, 1.807) is 37.4 Å². The number of amides is 1. The van der Waals surface area contributed by atoms with Crippen molar-refractivity contribution in [2.24, 2.45) is 0 Å². The predicted molar refractivity (Wildman–Crippen MR) is 60.3 cm³/mol.